The summed E-state index contributed by atoms with van der Waals surface area (Å²) in [5, 5.41) is 12.4. The first-order valence-corrected chi connectivity index (χ1v) is 7.16. The molecule has 4 nitrogen and oxygen atoms in total. The summed E-state index contributed by atoms with van der Waals surface area (Å²) >= 11 is 9.15. The standard InChI is InChI=1S/C13H18BrClN2O2/c1-8(18)5-13(2,3)7-17-12(19)10-4-9(14)6-16-11(10)15/h4,6,8,18H,5,7H2,1-3H3,(H,17,19). The summed E-state index contributed by atoms with van der Waals surface area (Å²) in [5.41, 5.74) is 0.152. The molecule has 106 valence electrons. The van der Waals surface area contributed by atoms with Crippen LogP contribution in [-0.4, -0.2) is 28.6 Å². The highest BCUT2D eigenvalue weighted by atomic mass is 79.9. The zero-order chi connectivity index (χ0) is 14.6. The third kappa shape index (κ3) is 5.47. The molecule has 0 radical (unpaired) electrons. The van der Waals surface area contributed by atoms with E-state index in [0.29, 0.717) is 23.0 Å². The van der Waals surface area contributed by atoms with Crippen LogP contribution in [0.4, 0.5) is 0 Å². The van der Waals surface area contributed by atoms with Crippen LogP contribution in [0.25, 0.3) is 0 Å². The number of amides is 1. The maximum Gasteiger partial charge on any atom is 0.254 e. The molecular formula is C13H18BrClN2O2. The zero-order valence-corrected chi connectivity index (χ0v) is 13.5. The summed E-state index contributed by atoms with van der Waals surface area (Å²) in [6.07, 6.45) is 1.75. The van der Waals surface area contributed by atoms with Gasteiger partial charge in [-0.3, -0.25) is 4.79 Å². The number of carbonyl (C=O) groups excluding carboxylic acids is 1. The van der Waals surface area contributed by atoms with Gasteiger partial charge in [0.1, 0.15) is 5.15 Å². The number of hydrogen-bond donors (Lipinski definition) is 2. The van der Waals surface area contributed by atoms with Crippen molar-refractivity contribution in [2.75, 3.05) is 6.54 Å². The Morgan fingerprint density at radius 1 is 1.63 bits per heavy atom. The molecule has 1 heterocycles. The second kappa shape index (κ2) is 6.68. The van der Waals surface area contributed by atoms with Gasteiger partial charge in [0.05, 0.1) is 11.7 Å². The number of carbonyl (C=O) groups is 1. The van der Waals surface area contributed by atoms with Crippen molar-refractivity contribution in [3.8, 4) is 0 Å². The molecule has 19 heavy (non-hydrogen) atoms. The summed E-state index contributed by atoms with van der Waals surface area (Å²) in [5.74, 6) is -0.266. The quantitative estimate of drug-likeness (QED) is 0.803. The summed E-state index contributed by atoms with van der Waals surface area (Å²) in [6, 6.07) is 1.63. The van der Waals surface area contributed by atoms with Gasteiger partial charge in [-0.25, -0.2) is 4.98 Å². The monoisotopic (exact) mass is 348 g/mol. The number of pyridine rings is 1. The van der Waals surface area contributed by atoms with Gasteiger partial charge in [-0.1, -0.05) is 25.4 Å². The molecule has 0 aliphatic carbocycles. The van der Waals surface area contributed by atoms with Crippen molar-refractivity contribution in [2.24, 2.45) is 5.41 Å². The third-order valence-corrected chi connectivity index (χ3v) is 3.36. The van der Waals surface area contributed by atoms with Gasteiger partial charge in [0.25, 0.3) is 5.91 Å². The highest BCUT2D eigenvalue weighted by Gasteiger charge is 2.22. The van der Waals surface area contributed by atoms with Gasteiger partial charge >= 0.3 is 0 Å². The molecule has 0 saturated heterocycles. The Hall–Kier alpha value is -0.650. The van der Waals surface area contributed by atoms with Crippen molar-refractivity contribution in [2.45, 2.75) is 33.3 Å². The van der Waals surface area contributed by atoms with Crippen LogP contribution in [0.1, 0.15) is 37.6 Å². The van der Waals surface area contributed by atoms with Crippen molar-refractivity contribution in [3.63, 3.8) is 0 Å². The van der Waals surface area contributed by atoms with Crippen molar-refractivity contribution in [1.29, 1.82) is 0 Å². The van der Waals surface area contributed by atoms with E-state index in [1.807, 2.05) is 13.8 Å². The van der Waals surface area contributed by atoms with Crippen molar-refractivity contribution >= 4 is 33.4 Å². The van der Waals surface area contributed by atoms with Crippen molar-refractivity contribution in [3.05, 3.63) is 27.5 Å². The Balaban J connectivity index is 2.68. The maximum atomic E-state index is 12.0. The normalized spacial score (nSPS) is 13.2. The molecule has 6 heteroatoms. The molecule has 1 rings (SSSR count). The number of nitrogens with zero attached hydrogens (tertiary/aromatic N) is 1. The smallest absolute Gasteiger partial charge is 0.254 e. The van der Waals surface area contributed by atoms with Gasteiger partial charge < -0.3 is 10.4 Å². The number of rotatable bonds is 5. The van der Waals surface area contributed by atoms with Crippen LogP contribution < -0.4 is 5.32 Å². The van der Waals surface area contributed by atoms with Gasteiger partial charge in [0.15, 0.2) is 0 Å². The van der Waals surface area contributed by atoms with Crippen LogP contribution in [0.3, 0.4) is 0 Å². The second-order valence-electron chi connectivity index (χ2n) is 5.39. The van der Waals surface area contributed by atoms with E-state index in [9.17, 15) is 9.90 Å². The molecule has 0 bridgehead atoms. The number of nitrogens with one attached hydrogen (secondary N) is 1. The predicted molar refractivity (Wildman–Crippen MR) is 79.4 cm³/mol. The third-order valence-electron chi connectivity index (χ3n) is 2.63. The van der Waals surface area contributed by atoms with Gasteiger partial charge in [-0.05, 0) is 40.8 Å². The molecule has 1 aromatic heterocycles. The maximum absolute atomic E-state index is 12.0. The zero-order valence-electron chi connectivity index (χ0n) is 11.2. The molecule has 0 aliphatic rings. The van der Waals surface area contributed by atoms with Crippen LogP contribution in [0.5, 0.6) is 0 Å². The largest absolute Gasteiger partial charge is 0.393 e. The summed E-state index contributed by atoms with van der Waals surface area (Å²) < 4.78 is 0.699. The fourth-order valence-electron chi connectivity index (χ4n) is 1.87. The topological polar surface area (TPSA) is 62.2 Å². The van der Waals surface area contributed by atoms with E-state index >= 15 is 0 Å². The molecule has 0 aliphatic heterocycles. The van der Waals surface area contributed by atoms with Crippen LogP contribution in [0.15, 0.2) is 16.7 Å². The van der Waals surface area contributed by atoms with Gasteiger partial charge in [-0.2, -0.15) is 0 Å². The molecule has 0 spiro atoms. The van der Waals surface area contributed by atoms with Crippen LogP contribution in [0, 0.1) is 5.41 Å². The van der Waals surface area contributed by atoms with Crippen molar-refractivity contribution < 1.29 is 9.90 Å². The van der Waals surface area contributed by atoms with E-state index in [1.54, 1.807) is 13.0 Å². The van der Waals surface area contributed by atoms with Crippen LogP contribution in [0.2, 0.25) is 5.15 Å². The minimum Gasteiger partial charge on any atom is -0.393 e. The predicted octanol–water partition coefficient (Wildman–Crippen LogP) is 3.02. The number of halogens is 2. The highest BCUT2D eigenvalue weighted by molar-refractivity contribution is 9.10. The van der Waals surface area contributed by atoms with E-state index in [-0.39, 0.29) is 16.5 Å². The SMILES string of the molecule is CC(O)CC(C)(C)CNC(=O)c1cc(Br)cnc1Cl. The Bertz CT molecular complexity index is 464. The molecule has 1 unspecified atom stereocenters. The minimum absolute atomic E-state index is 0.175. The van der Waals surface area contributed by atoms with Crippen LogP contribution in [-0.2, 0) is 0 Å². The van der Waals surface area contributed by atoms with Gasteiger partial charge in [-0.15, -0.1) is 0 Å². The summed E-state index contributed by atoms with van der Waals surface area (Å²) in [7, 11) is 0. The van der Waals surface area contributed by atoms with E-state index in [4.69, 9.17) is 11.6 Å². The Kier molecular flexibility index (Phi) is 5.77. The molecule has 1 aromatic rings. The van der Waals surface area contributed by atoms with E-state index in [0.717, 1.165) is 0 Å². The minimum atomic E-state index is -0.400. The first-order valence-electron chi connectivity index (χ1n) is 5.98. The average molecular weight is 350 g/mol. The Labute approximate surface area is 126 Å². The molecule has 0 saturated carbocycles. The number of hydrogen-bond acceptors (Lipinski definition) is 3. The van der Waals surface area contributed by atoms with Gasteiger partial charge in [0.2, 0.25) is 0 Å². The number of aromatic nitrogens is 1. The lowest BCUT2D eigenvalue weighted by atomic mass is 9.87. The fraction of sp³-hybridized carbons (Fsp3) is 0.538. The van der Waals surface area contributed by atoms with Crippen LogP contribution >= 0.6 is 27.5 Å². The van der Waals surface area contributed by atoms with E-state index in [2.05, 4.69) is 26.2 Å². The first kappa shape index (κ1) is 16.4. The molecule has 2 N–H and O–H groups in total. The molecule has 1 atom stereocenters. The Morgan fingerprint density at radius 3 is 2.84 bits per heavy atom. The molecule has 0 aromatic carbocycles. The lowest BCUT2D eigenvalue weighted by Gasteiger charge is -2.26. The van der Waals surface area contributed by atoms with E-state index in [1.165, 1.54) is 6.20 Å². The molecular weight excluding hydrogens is 332 g/mol. The number of aliphatic hydroxyl groups excluding tert-OH is 1. The Morgan fingerprint density at radius 2 is 2.26 bits per heavy atom. The highest BCUT2D eigenvalue weighted by Crippen LogP contribution is 2.22. The van der Waals surface area contributed by atoms with E-state index < -0.39 is 6.10 Å². The second-order valence-corrected chi connectivity index (χ2v) is 6.67. The summed E-state index contributed by atoms with van der Waals surface area (Å²) in [4.78, 5) is 15.9. The molecule has 0 fully saturated rings. The lowest BCUT2D eigenvalue weighted by Crippen LogP contribution is -2.35. The molecule has 1 amide bonds. The average Bonchev–Trinajstić information content (AvgIpc) is 2.27. The first-order chi connectivity index (χ1) is 8.71. The summed E-state index contributed by atoms with van der Waals surface area (Å²) in [6.45, 7) is 6.17. The van der Waals surface area contributed by atoms with Crippen molar-refractivity contribution in [1.82, 2.24) is 10.3 Å². The lowest BCUT2D eigenvalue weighted by molar-refractivity contribution is 0.0901. The fourth-order valence-corrected chi connectivity index (χ4v) is 2.39. The van der Waals surface area contributed by atoms with Gasteiger partial charge in [0, 0.05) is 17.2 Å². The number of aliphatic hydroxyl groups is 1.